The summed E-state index contributed by atoms with van der Waals surface area (Å²) in [5.41, 5.74) is 3.29. The number of benzene rings is 2. The second-order valence-corrected chi connectivity index (χ2v) is 4.32. The van der Waals surface area contributed by atoms with E-state index in [9.17, 15) is 8.78 Å². The van der Waals surface area contributed by atoms with Crippen LogP contribution in [0.2, 0.25) is 0 Å². The van der Waals surface area contributed by atoms with Crippen LogP contribution >= 0.6 is 0 Å². The van der Waals surface area contributed by atoms with Crippen molar-refractivity contribution in [2.75, 3.05) is 7.05 Å². The number of halogens is 2. The Kier molecular flexibility index (Phi) is 3.72. The predicted octanol–water partition coefficient (Wildman–Crippen LogP) is 3.66. The molecule has 1 nitrogen and oxygen atoms in total. The fraction of sp³-hybridized carbons (Fsp3) is 0.200. The van der Waals surface area contributed by atoms with E-state index in [1.807, 2.05) is 32.2 Å². The molecule has 0 unspecified atom stereocenters. The lowest BCUT2D eigenvalue weighted by atomic mass is 9.97. The average Bonchev–Trinajstić information content (AvgIpc) is 2.32. The lowest BCUT2D eigenvalue weighted by molar-refractivity contribution is 0.585. The van der Waals surface area contributed by atoms with E-state index in [2.05, 4.69) is 5.32 Å². The molecule has 2 rings (SSSR count). The quantitative estimate of drug-likeness (QED) is 0.872. The number of hydrogen-bond donors (Lipinski definition) is 1. The zero-order valence-electron chi connectivity index (χ0n) is 10.4. The highest BCUT2D eigenvalue weighted by Gasteiger charge is 2.10. The van der Waals surface area contributed by atoms with Gasteiger partial charge in [-0.3, -0.25) is 0 Å². The molecule has 0 bridgehead atoms. The molecule has 0 saturated carbocycles. The molecule has 0 aliphatic carbocycles. The summed E-state index contributed by atoms with van der Waals surface area (Å²) >= 11 is 0. The summed E-state index contributed by atoms with van der Waals surface area (Å²) in [6, 6.07) is 9.55. The Hall–Kier alpha value is -1.74. The van der Waals surface area contributed by atoms with Gasteiger partial charge in [-0.15, -0.1) is 0 Å². The number of rotatable bonds is 3. The SMILES string of the molecule is CNCc1ccc(C)cc1-c1ccc(F)cc1F. The van der Waals surface area contributed by atoms with Crippen LogP contribution in [0.5, 0.6) is 0 Å². The summed E-state index contributed by atoms with van der Waals surface area (Å²) in [5.74, 6) is -1.09. The topological polar surface area (TPSA) is 12.0 Å². The van der Waals surface area contributed by atoms with Crippen LogP contribution in [0, 0.1) is 18.6 Å². The molecule has 0 aliphatic rings. The van der Waals surface area contributed by atoms with E-state index in [1.54, 1.807) is 0 Å². The Morgan fingerprint density at radius 3 is 2.44 bits per heavy atom. The van der Waals surface area contributed by atoms with Crippen LogP contribution in [0.15, 0.2) is 36.4 Å². The van der Waals surface area contributed by atoms with Crippen LogP contribution in [0.25, 0.3) is 11.1 Å². The third kappa shape index (κ3) is 2.57. The van der Waals surface area contributed by atoms with Crippen molar-refractivity contribution in [2.24, 2.45) is 0 Å². The summed E-state index contributed by atoms with van der Waals surface area (Å²) in [6.07, 6.45) is 0. The van der Waals surface area contributed by atoms with Crippen molar-refractivity contribution in [1.82, 2.24) is 5.32 Å². The van der Waals surface area contributed by atoms with E-state index in [0.29, 0.717) is 12.1 Å². The van der Waals surface area contributed by atoms with Crippen LogP contribution in [0.1, 0.15) is 11.1 Å². The van der Waals surface area contributed by atoms with Gasteiger partial charge in [0.1, 0.15) is 11.6 Å². The van der Waals surface area contributed by atoms with E-state index < -0.39 is 11.6 Å². The smallest absolute Gasteiger partial charge is 0.133 e. The first-order chi connectivity index (χ1) is 8.61. The fourth-order valence-corrected chi connectivity index (χ4v) is 1.99. The van der Waals surface area contributed by atoms with Crippen LogP contribution < -0.4 is 5.32 Å². The Labute approximate surface area is 105 Å². The lowest BCUT2D eigenvalue weighted by Crippen LogP contribution is -2.07. The van der Waals surface area contributed by atoms with Gasteiger partial charge in [-0.25, -0.2) is 8.78 Å². The molecule has 2 aromatic carbocycles. The zero-order chi connectivity index (χ0) is 13.1. The Morgan fingerprint density at radius 1 is 1.00 bits per heavy atom. The van der Waals surface area contributed by atoms with Crippen molar-refractivity contribution in [3.63, 3.8) is 0 Å². The molecule has 94 valence electrons. The second kappa shape index (κ2) is 5.27. The largest absolute Gasteiger partial charge is 0.316 e. The maximum Gasteiger partial charge on any atom is 0.133 e. The van der Waals surface area contributed by atoms with Crippen LogP contribution in [-0.4, -0.2) is 7.05 Å². The maximum atomic E-state index is 13.8. The standard InChI is InChI=1S/C15H15F2N/c1-10-3-4-11(9-18-2)14(7-10)13-6-5-12(16)8-15(13)17/h3-8,18H,9H2,1-2H3. The highest BCUT2D eigenvalue weighted by molar-refractivity contribution is 5.68. The third-order valence-electron chi connectivity index (χ3n) is 2.85. The molecule has 0 spiro atoms. The molecular weight excluding hydrogens is 232 g/mol. The molecular formula is C15H15F2N. The monoisotopic (exact) mass is 247 g/mol. The Bertz CT molecular complexity index is 564. The van der Waals surface area contributed by atoms with Gasteiger partial charge in [0, 0.05) is 18.2 Å². The molecule has 0 aliphatic heterocycles. The van der Waals surface area contributed by atoms with Gasteiger partial charge in [-0.1, -0.05) is 23.8 Å². The van der Waals surface area contributed by atoms with Crippen molar-refractivity contribution in [3.05, 3.63) is 59.2 Å². The molecule has 2 aromatic rings. The van der Waals surface area contributed by atoms with Crippen LogP contribution in [0.4, 0.5) is 8.78 Å². The number of aryl methyl sites for hydroxylation is 1. The van der Waals surface area contributed by atoms with E-state index >= 15 is 0 Å². The molecule has 0 atom stereocenters. The number of nitrogens with one attached hydrogen (secondary N) is 1. The van der Waals surface area contributed by atoms with Gasteiger partial charge in [0.05, 0.1) is 0 Å². The first-order valence-corrected chi connectivity index (χ1v) is 5.81. The first kappa shape index (κ1) is 12.7. The van der Waals surface area contributed by atoms with Crippen molar-refractivity contribution >= 4 is 0 Å². The molecule has 0 saturated heterocycles. The van der Waals surface area contributed by atoms with Gasteiger partial charge in [-0.2, -0.15) is 0 Å². The van der Waals surface area contributed by atoms with Gasteiger partial charge >= 0.3 is 0 Å². The van der Waals surface area contributed by atoms with Crippen molar-refractivity contribution in [2.45, 2.75) is 13.5 Å². The first-order valence-electron chi connectivity index (χ1n) is 5.81. The zero-order valence-corrected chi connectivity index (χ0v) is 10.4. The van der Waals surface area contributed by atoms with Gasteiger partial charge < -0.3 is 5.32 Å². The highest BCUT2D eigenvalue weighted by atomic mass is 19.1. The van der Waals surface area contributed by atoms with Crippen molar-refractivity contribution in [3.8, 4) is 11.1 Å². The summed E-state index contributed by atoms with van der Waals surface area (Å²) in [4.78, 5) is 0. The maximum absolute atomic E-state index is 13.8. The third-order valence-corrected chi connectivity index (χ3v) is 2.85. The number of hydrogen-bond acceptors (Lipinski definition) is 1. The normalized spacial score (nSPS) is 10.7. The van der Waals surface area contributed by atoms with Crippen molar-refractivity contribution < 1.29 is 8.78 Å². The molecule has 0 amide bonds. The molecule has 0 aromatic heterocycles. The van der Waals surface area contributed by atoms with Crippen molar-refractivity contribution in [1.29, 1.82) is 0 Å². The van der Waals surface area contributed by atoms with Gasteiger partial charge in [0.15, 0.2) is 0 Å². The van der Waals surface area contributed by atoms with E-state index in [4.69, 9.17) is 0 Å². The fourth-order valence-electron chi connectivity index (χ4n) is 1.99. The minimum atomic E-state index is -0.556. The molecule has 0 heterocycles. The Morgan fingerprint density at radius 2 is 1.78 bits per heavy atom. The summed E-state index contributed by atoms with van der Waals surface area (Å²) in [6.45, 7) is 2.60. The van der Waals surface area contributed by atoms with Gasteiger partial charge in [-0.05, 0) is 37.2 Å². The molecule has 0 fully saturated rings. The minimum Gasteiger partial charge on any atom is -0.316 e. The van der Waals surface area contributed by atoms with Gasteiger partial charge in [0.2, 0.25) is 0 Å². The highest BCUT2D eigenvalue weighted by Crippen LogP contribution is 2.28. The second-order valence-electron chi connectivity index (χ2n) is 4.32. The molecule has 0 radical (unpaired) electrons. The van der Waals surface area contributed by atoms with Crippen LogP contribution in [0.3, 0.4) is 0 Å². The van der Waals surface area contributed by atoms with E-state index in [1.165, 1.54) is 12.1 Å². The molecule has 1 N–H and O–H groups in total. The van der Waals surface area contributed by atoms with Gasteiger partial charge in [0.25, 0.3) is 0 Å². The summed E-state index contributed by atoms with van der Waals surface area (Å²) < 4.78 is 26.8. The predicted molar refractivity (Wildman–Crippen MR) is 69.3 cm³/mol. The Balaban J connectivity index is 2.57. The van der Waals surface area contributed by atoms with E-state index in [0.717, 1.165) is 22.8 Å². The van der Waals surface area contributed by atoms with E-state index in [-0.39, 0.29) is 0 Å². The minimum absolute atomic E-state index is 0.436. The summed E-state index contributed by atoms with van der Waals surface area (Å²) in [5, 5.41) is 3.05. The lowest BCUT2D eigenvalue weighted by Gasteiger charge is -2.11. The average molecular weight is 247 g/mol. The van der Waals surface area contributed by atoms with Crippen LogP contribution in [-0.2, 0) is 6.54 Å². The molecule has 18 heavy (non-hydrogen) atoms. The summed E-state index contributed by atoms with van der Waals surface area (Å²) in [7, 11) is 1.84. The molecule has 3 heteroatoms.